The minimum Gasteiger partial charge on any atom is -0.545 e. The number of nitrogens with zero attached hydrogens (tertiary/aromatic N) is 3. The smallest absolute Gasteiger partial charge is 0.191 e. The lowest BCUT2D eigenvalue weighted by molar-refractivity contribution is -0.255. The molecule has 8 heteroatoms. The van der Waals surface area contributed by atoms with Crippen molar-refractivity contribution in [2.24, 2.45) is 7.05 Å². The van der Waals surface area contributed by atoms with Gasteiger partial charge in [-0.2, -0.15) is 0 Å². The lowest BCUT2D eigenvalue weighted by Crippen LogP contribution is -2.21. The van der Waals surface area contributed by atoms with Gasteiger partial charge >= 0.3 is 0 Å². The van der Waals surface area contributed by atoms with Crippen LogP contribution >= 0.6 is 11.8 Å². The molecule has 1 aromatic heterocycles. The molecule has 0 amide bonds. The maximum atomic E-state index is 10.8. The van der Waals surface area contributed by atoms with Crippen LogP contribution in [-0.2, 0) is 12.8 Å². The molecule has 0 saturated carbocycles. The summed E-state index contributed by atoms with van der Waals surface area (Å²) in [7, 11) is 5.08. The van der Waals surface area contributed by atoms with Gasteiger partial charge in [0.05, 0.1) is 20.2 Å². The van der Waals surface area contributed by atoms with Crippen LogP contribution in [0.5, 0.6) is 11.5 Å². The molecule has 0 N–H and O–H groups in total. The van der Waals surface area contributed by atoms with E-state index in [-0.39, 0.29) is 5.56 Å². The first-order chi connectivity index (χ1) is 13.0. The normalized spacial score (nSPS) is 10.6. The second-order valence-corrected chi connectivity index (χ2v) is 6.65. The molecule has 7 nitrogen and oxygen atoms in total. The van der Waals surface area contributed by atoms with Crippen molar-refractivity contribution >= 4 is 17.7 Å². The van der Waals surface area contributed by atoms with Crippen molar-refractivity contribution in [1.29, 1.82) is 0 Å². The summed E-state index contributed by atoms with van der Waals surface area (Å²) in [4.78, 5) is 10.8. The Labute approximate surface area is 161 Å². The zero-order chi connectivity index (χ0) is 19.4. The number of carbonyl (C=O) groups excluding carboxylic acids is 1. The second kappa shape index (κ2) is 8.13. The van der Waals surface area contributed by atoms with E-state index in [2.05, 4.69) is 10.2 Å². The van der Waals surface area contributed by atoms with Crippen LogP contribution in [0.3, 0.4) is 0 Å². The number of methoxy groups -OCH3 is 2. The summed E-state index contributed by atoms with van der Waals surface area (Å²) < 4.78 is 12.5. The van der Waals surface area contributed by atoms with Gasteiger partial charge < -0.3 is 23.9 Å². The van der Waals surface area contributed by atoms with Crippen LogP contribution in [0.4, 0.5) is 0 Å². The van der Waals surface area contributed by atoms with Crippen LogP contribution < -0.4 is 14.6 Å². The van der Waals surface area contributed by atoms with Gasteiger partial charge in [-0.15, -0.1) is 10.2 Å². The van der Waals surface area contributed by atoms with Crippen molar-refractivity contribution in [3.63, 3.8) is 0 Å². The zero-order valence-corrected chi connectivity index (χ0v) is 15.9. The molecule has 140 valence electrons. The molecule has 3 rings (SSSR count). The second-order valence-electron chi connectivity index (χ2n) is 5.71. The van der Waals surface area contributed by atoms with E-state index in [1.165, 1.54) is 23.9 Å². The first-order valence-electron chi connectivity index (χ1n) is 8.08. The fourth-order valence-corrected chi connectivity index (χ4v) is 3.42. The Morgan fingerprint density at radius 1 is 1.07 bits per heavy atom. The molecule has 1 heterocycles. The van der Waals surface area contributed by atoms with Gasteiger partial charge in [-0.3, -0.25) is 0 Å². The van der Waals surface area contributed by atoms with Crippen LogP contribution in [0.1, 0.15) is 15.9 Å². The van der Waals surface area contributed by atoms with Crippen molar-refractivity contribution in [2.75, 3.05) is 14.2 Å². The molecule has 0 atom stereocenters. The average Bonchev–Trinajstić information content (AvgIpc) is 3.06. The van der Waals surface area contributed by atoms with Crippen LogP contribution in [-0.4, -0.2) is 35.0 Å². The first-order valence-corrected chi connectivity index (χ1v) is 9.07. The number of rotatable bonds is 7. The largest absolute Gasteiger partial charge is 0.545 e. The topological polar surface area (TPSA) is 89.3 Å². The van der Waals surface area contributed by atoms with Gasteiger partial charge in [0.15, 0.2) is 22.5 Å². The number of carboxylic acids is 1. The fourth-order valence-electron chi connectivity index (χ4n) is 2.55. The predicted octanol–water partition coefficient (Wildman–Crippen LogP) is 2.16. The molecule has 0 spiro atoms. The van der Waals surface area contributed by atoms with E-state index in [0.717, 1.165) is 16.3 Å². The molecule has 0 aliphatic rings. The van der Waals surface area contributed by atoms with Crippen LogP contribution in [0.25, 0.3) is 11.4 Å². The molecular weight excluding hydrogens is 366 g/mol. The Morgan fingerprint density at radius 2 is 1.78 bits per heavy atom. The van der Waals surface area contributed by atoms with Crippen LogP contribution in [0, 0.1) is 0 Å². The van der Waals surface area contributed by atoms with Gasteiger partial charge in [0, 0.05) is 18.4 Å². The molecular formula is C19H18N3O4S-. The molecule has 0 aliphatic carbocycles. The third kappa shape index (κ3) is 4.06. The van der Waals surface area contributed by atoms with Gasteiger partial charge in [0.1, 0.15) is 0 Å². The van der Waals surface area contributed by atoms with E-state index in [1.54, 1.807) is 26.4 Å². The highest BCUT2D eigenvalue weighted by atomic mass is 32.2. The summed E-state index contributed by atoms with van der Waals surface area (Å²) in [5, 5.41) is 20.1. The molecule has 0 radical (unpaired) electrons. The van der Waals surface area contributed by atoms with E-state index < -0.39 is 5.97 Å². The Kier molecular flexibility index (Phi) is 5.66. The van der Waals surface area contributed by atoms with Crippen molar-refractivity contribution in [3.05, 3.63) is 53.6 Å². The monoisotopic (exact) mass is 384 g/mol. The maximum Gasteiger partial charge on any atom is 0.191 e. The predicted molar refractivity (Wildman–Crippen MR) is 99.9 cm³/mol. The molecule has 0 bridgehead atoms. The molecule has 3 aromatic rings. The van der Waals surface area contributed by atoms with E-state index in [0.29, 0.717) is 23.1 Å². The Morgan fingerprint density at radius 3 is 2.41 bits per heavy atom. The number of thioether (sulfide) groups is 1. The highest BCUT2D eigenvalue weighted by molar-refractivity contribution is 7.98. The Hall–Kier alpha value is -3.00. The standard InChI is InChI=1S/C19H19N3O4S/c1-22-17(14-8-9-15(25-2)16(10-14)26-3)20-21-19(22)27-11-12-4-6-13(7-5-12)18(23)24/h4-10H,11H2,1-3H3,(H,23,24)/p-1. The third-order valence-corrected chi connectivity index (χ3v) is 5.13. The summed E-state index contributed by atoms with van der Waals surface area (Å²) >= 11 is 1.52. The Bertz CT molecular complexity index is 954. The van der Waals surface area contributed by atoms with Crippen molar-refractivity contribution in [3.8, 4) is 22.9 Å². The lowest BCUT2D eigenvalue weighted by atomic mass is 10.1. The number of benzene rings is 2. The number of aromatic nitrogens is 3. The molecule has 0 fully saturated rings. The van der Waals surface area contributed by atoms with Gasteiger partial charge in [-0.1, -0.05) is 36.0 Å². The molecule has 0 aliphatic heterocycles. The number of carbonyl (C=O) groups is 1. The lowest BCUT2D eigenvalue weighted by Gasteiger charge is -2.09. The fraction of sp³-hybridized carbons (Fsp3) is 0.211. The van der Waals surface area contributed by atoms with Crippen LogP contribution in [0.15, 0.2) is 47.6 Å². The van der Waals surface area contributed by atoms with Crippen molar-refractivity contribution < 1.29 is 19.4 Å². The van der Waals surface area contributed by atoms with E-state index in [4.69, 9.17) is 9.47 Å². The summed E-state index contributed by atoms with van der Waals surface area (Å²) in [6.07, 6.45) is 0. The number of ether oxygens (including phenoxy) is 2. The molecule has 27 heavy (non-hydrogen) atoms. The van der Waals surface area contributed by atoms with Crippen LogP contribution in [0.2, 0.25) is 0 Å². The SMILES string of the molecule is COc1ccc(-c2nnc(SCc3ccc(C(=O)[O-])cc3)n2C)cc1OC. The van der Waals surface area contributed by atoms with E-state index >= 15 is 0 Å². The average molecular weight is 384 g/mol. The summed E-state index contributed by atoms with van der Waals surface area (Å²) in [6, 6.07) is 12.2. The maximum absolute atomic E-state index is 10.8. The zero-order valence-electron chi connectivity index (χ0n) is 15.1. The van der Waals surface area contributed by atoms with Gasteiger partial charge in [-0.25, -0.2) is 0 Å². The number of hydrogen-bond acceptors (Lipinski definition) is 7. The number of carboxylic acid groups (broad SMARTS) is 1. The van der Waals surface area contributed by atoms with E-state index in [9.17, 15) is 9.90 Å². The van der Waals surface area contributed by atoms with E-state index in [1.807, 2.05) is 29.8 Å². The highest BCUT2D eigenvalue weighted by Crippen LogP contribution is 2.32. The van der Waals surface area contributed by atoms with Gasteiger partial charge in [0.25, 0.3) is 0 Å². The van der Waals surface area contributed by atoms with Crippen molar-refractivity contribution in [1.82, 2.24) is 14.8 Å². The minimum atomic E-state index is -1.18. The first kappa shape index (κ1) is 18.8. The van der Waals surface area contributed by atoms with Gasteiger partial charge in [0.2, 0.25) is 0 Å². The summed E-state index contributed by atoms with van der Waals surface area (Å²) in [5.74, 6) is 1.46. The summed E-state index contributed by atoms with van der Waals surface area (Å²) in [6.45, 7) is 0. The molecule has 2 aromatic carbocycles. The molecule has 0 unspecified atom stereocenters. The highest BCUT2D eigenvalue weighted by Gasteiger charge is 2.14. The molecule has 0 saturated heterocycles. The Balaban J connectivity index is 1.76. The number of hydrogen-bond donors (Lipinski definition) is 0. The quantitative estimate of drug-likeness (QED) is 0.577. The number of aromatic carboxylic acids is 1. The minimum absolute atomic E-state index is 0.165. The van der Waals surface area contributed by atoms with Crippen molar-refractivity contribution in [2.45, 2.75) is 10.9 Å². The van der Waals surface area contributed by atoms with Gasteiger partial charge in [-0.05, 0) is 29.3 Å². The third-order valence-electron chi connectivity index (χ3n) is 4.03. The summed E-state index contributed by atoms with van der Waals surface area (Å²) in [5.41, 5.74) is 2.02.